The molecule has 3 N–H and O–H groups in total. The zero-order chi connectivity index (χ0) is 16.8. The van der Waals surface area contributed by atoms with Gasteiger partial charge in [0.2, 0.25) is 5.91 Å². The van der Waals surface area contributed by atoms with Gasteiger partial charge in [0.1, 0.15) is 11.8 Å². The molecule has 7 heteroatoms. The lowest BCUT2D eigenvalue weighted by Gasteiger charge is -2.20. The number of H-pyrrole nitrogens is 1. The summed E-state index contributed by atoms with van der Waals surface area (Å²) in [4.78, 5) is 40.7. The standard InChI is InChI=1S/C15H24N4O3/c1-15(2,3)10-19-13(17-6-4-5-7-20)9-11(8-12(16)21)18-14(19)22/h7,9H,4-6,8,10H2,1-3H3,(H2,16,21)(H,18,22)/b17-13+. The van der Waals surface area contributed by atoms with Gasteiger partial charge in [-0.25, -0.2) is 4.79 Å². The predicted molar refractivity (Wildman–Crippen MR) is 83.1 cm³/mol. The first-order valence-corrected chi connectivity index (χ1v) is 7.28. The van der Waals surface area contributed by atoms with E-state index in [4.69, 9.17) is 5.73 Å². The maximum atomic E-state index is 12.2. The maximum absolute atomic E-state index is 12.2. The molecule has 0 saturated heterocycles. The number of aromatic nitrogens is 2. The molecule has 22 heavy (non-hydrogen) atoms. The highest BCUT2D eigenvalue weighted by molar-refractivity contribution is 5.75. The van der Waals surface area contributed by atoms with Crippen LogP contribution in [0.5, 0.6) is 0 Å². The topological polar surface area (TPSA) is 110 Å². The normalized spacial score (nSPS) is 12.4. The fraction of sp³-hybridized carbons (Fsp3) is 0.600. The molecule has 1 amide bonds. The van der Waals surface area contributed by atoms with Gasteiger partial charge in [0.25, 0.3) is 0 Å². The fourth-order valence-corrected chi connectivity index (χ4v) is 1.99. The van der Waals surface area contributed by atoms with Gasteiger partial charge in [-0.15, -0.1) is 0 Å². The molecule has 1 aromatic rings. The van der Waals surface area contributed by atoms with Crippen LogP contribution in [0, 0.1) is 5.41 Å². The molecule has 1 heterocycles. The summed E-state index contributed by atoms with van der Waals surface area (Å²) in [6.45, 7) is 7.00. The largest absolute Gasteiger partial charge is 0.369 e. The summed E-state index contributed by atoms with van der Waals surface area (Å²) in [6.07, 6.45) is 1.86. The first-order valence-electron chi connectivity index (χ1n) is 7.28. The van der Waals surface area contributed by atoms with Crippen molar-refractivity contribution >= 4 is 12.2 Å². The van der Waals surface area contributed by atoms with Crippen molar-refractivity contribution in [1.29, 1.82) is 0 Å². The van der Waals surface area contributed by atoms with Crippen LogP contribution in [0.2, 0.25) is 0 Å². The molecular formula is C15H24N4O3. The van der Waals surface area contributed by atoms with Crippen LogP contribution < -0.4 is 16.9 Å². The highest BCUT2D eigenvalue weighted by atomic mass is 16.1. The third-order valence-electron chi connectivity index (χ3n) is 2.84. The number of nitrogens with two attached hydrogens (primary N) is 1. The molecule has 0 spiro atoms. The summed E-state index contributed by atoms with van der Waals surface area (Å²) in [7, 11) is 0. The smallest absolute Gasteiger partial charge is 0.327 e. The van der Waals surface area contributed by atoms with E-state index in [1.165, 1.54) is 0 Å². The molecule has 1 rings (SSSR count). The zero-order valence-electron chi connectivity index (χ0n) is 13.4. The van der Waals surface area contributed by atoms with Gasteiger partial charge >= 0.3 is 5.69 Å². The Morgan fingerprint density at radius 1 is 1.45 bits per heavy atom. The van der Waals surface area contributed by atoms with Crippen LogP contribution in [0.3, 0.4) is 0 Å². The Balaban J connectivity index is 3.25. The number of nitrogens with zero attached hydrogens (tertiary/aromatic N) is 2. The SMILES string of the molecule is CC(C)(C)Cn1c(=O)[nH]c(CC(N)=O)c/c1=N\CCCC=O. The number of amides is 1. The highest BCUT2D eigenvalue weighted by Gasteiger charge is 2.14. The molecule has 0 bridgehead atoms. The third-order valence-corrected chi connectivity index (χ3v) is 2.84. The lowest BCUT2D eigenvalue weighted by atomic mass is 9.97. The van der Waals surface area contributed by atoms with Crippen LogP contribution in [0.15, 0.2) is 15.9 Å². The predicted octanol–water partition coefficient (Wildman–Crippen LogP) is 0.130. The lowest BCUT2D eigenvalue weighted by molar-refractivity contribution is -0.117. The minimum absolute atomic E-state index is 0.0392. The lowest BCUT2D eigenvalue weighted by Crippen LogP contribution is -2.40. The third kappa shape index (κ3) is 6.07. The van der Waals surface area contributed by atoms with Crippen molar-refractivity contribution in [2.24, 2.45) is 16.1 Å². The number of hydrogen-bond donors (Lipinski definition) is 2. The van der Waals surface area contributed by atoms with E-state index in [0.29, 0.717) is 37.1 Å². The minimum Gasteiger partial charge on any atom is -0.369 e. The van der Waals surface area contributed by atoms with Gasteiger partial charge < -0.3 is 15.5 Å². The Labute approximate surface area is 129 Å². The first-order chi connectivity index (χ1) is 10.2. The molecule has 0 aliphatic heterocycles. The molecule has 0 aliphatic rings. The minimum atomic E-state index is -0.517. The van der Waals surface area contributed by atoms with Crippen molar-refractivity contribution in [3.05, 3.63) is 27.7 Å². The van der Waals surface area contributed by atoms with Crippen molar-refractivity contribution in [3.63, 3.8) is 0 Å². The molecule has 0 saturated carbocycles. The average molecular weight is 308 g/mol. The van der Waals surface area contributed by atoms with Crippen molar-refractivity contribution in [2.45, 2.75) is 46.6 Å². The molecule has 0 aliphatic carbocycles. The number of primary amides is 1. The second-order valence-corrected chi connectivity index (χ2v) is 6.44. The number of rotatable bonds is 7. The Morgan fingerprint density at radius 2 is 2.14 bits per heavy atom. The van der Waals surface area contributed by atoms with Crippen LogP contribution >= 0.6 is 0 Å². The summed E-state index contributed by atoms with van der Waals surface area (Å²) in [5.74, 6) is -0.517. The fourth-order valence-electron chi connectivity index (χ4n) is 1.99. The molecule has 1 aromatic heterocycles. The van der Waals surface area contributed by atoms with Crippen LogP contribution in [-0.4, -0.2) is 28.3 Å². The van der Waals surface area contributed by atoms with Crippen molar-refractivity contribution in [1.82, 2.24) is 9.55 Å². The van der Waals surface area contributed by atoms with E-state index in [9.17, 15) is 14.4 Å². The van der Waals surface area contributed by atoms with Crippen LogP contribution in [0.25, 0.3) is 0 Å². The van der Waals surface area contributed by atoms with Crippen LogP contribution in [-0.2, 0) is 22.6 Å². The van der Waals surface area contributed by atoms with E-state index < -0.39 is 5.91 Å². The molecule has 0 atom stereocenters. The van der Waals surface area contributed by atoms with Crippen LogP contribution in [0.1, 0.15) is 39.3 Å². The monoisotopic (exact) mass is 308 g/mol. The number of hydrogen-bond acceptors (Lipinski definition) is 4. The van der Waals surface area contributed by atoms with E-state index in [2.05, 4.69) is 9.98 Å². The van der Waals surface area contributed by atoms with Crippen molar-refractivity contribution < 1.29 is 9.59 Å². The van der Waals surface area contributed by atoms with Gasteiger partial charge in [0, 0.05) is 31.3 Å². The Morgan fingerprint density at radius 3 is 2.68 bits per heavy atom. The number of nitrogens with one attached hydrogen (secondary N) is 1. The second-order valence-electron chi connectivity index (χ2n) is 6.44. The molecule has 0 fully saturated rings. The van der Waals surface area contributed by atoms with Gasteiger partial charge in [-0.1, -0.05) is 20.8 Å². The average Bonchev–Trinajstić information content (AvgIpc) is 2.36. The van der Waals surface area contributed by atoms with E-state index in [1.807, 2.05) is 20.8 Å². The second kappa shape index (κ2) is 7.72. The number of carbonyl (C=O) groups is 2. The van der Waals surface area contributed by atoms with Crippen molar-refractivity contribution in [3.8, 4) is 0 Å². The van der Waals surface area contributed by atoms with Gasteiger partial charge in [-0.3, -0.25) is 14.4 Å². The molecule has 122 valence electrons. The van der Waals surface area contributed by atoms with Gasteiger partial charge in [0.05, 0.1) is 6.42 Å². The Hall–Kier alpha value is -2.18. The molecule has 0 radical (unpaired) electrons. The first kappa shape index (κ1) is 17.9. The Bertz CT molecular complexity index is 650. The van der Waals surface area contributed by atoms with Gasteiger partial charge in [-0.2, -0.15) is 0 Å². The number of unbranched alkanes of at least 4 members (excludes halogenated alkanes) is 1. The van der Waals surface area contributed by atoms with E-state index >= 15 is 0 Å². The van der Waals surface area contributed by atoms with Crippen LogP contribution in [0.4, 0.5) is 0 Å². The van der Waals surface area contributed by atoms with E-state index in [-0.39, 0.29) is 17.5 Å². The summed E-state index contributed by atoms with van der Waals surface area (Å²) < 4.78 is 1.55. The Kier molecular flexibility index (Phi) is 6.27. The summed E-state index contributed by atoms with van der Waals surface area (Å²) in [5.41, 5.74) is 5.69. The molecular weight excluding hydrogens is 284 g/mol. The number of aldehydes is 1. The summed E-state index contributed by atoms with van der Waals surface area (Å²) in [6, 6.07) is 1.67. The molecule has 7 nitrogen and oxygen atoms in total. The number of aromatic amines is 1. The number of carbonyl (C=O) groups excluding carboxylic acids is 2. The van der Waals surface area contributed by atoms with E-state index in [1.54, 1.807) is 10.6 Å². The quantitative estimate of drug-likeness (QED) is 0.551. The highest BCUT2D eigenvalue weighted by Crippen LogP contribution is 2.13. The van der Waals surface area contributed by atoms with E-state index in [0.717, 1.165) is 6.29 Å². The maximum Gasteiger partial charge on any atom is 0.327 e. The molecule has 0 unspecified atom stereocenters. The zero-order valence-corrected chi connectivity index (χ0v) is 13.4. The molecule has 0 aromatic carbocycles. The van der Waals surface area contributed by atoms with Crippen molar-refractivity contribution in [2.75, 3.05) is 6.54 Å². The summed E-state index contributed by atoms with van der Waals surface area (Å²) >= 11 is 0. The summed E-state index contributed by atoms with van der Waals surface area (Å²) in [5, 5.41) is 0. The van der Waals surface area contributed by atoms with Gasteiger partial charge in [0.15, 0.2) is 0 Å². The van der Waals surface area contributed by atoms with Gasteiger partial charge in [-0.05, 0) is 11.8 Å².